The smallest absolute Gasteiger partial charge is 0.317 e. The number of nitrogens with one attached hydrogen (secondary N) is 1. The Morgan fingerprint density at radius 1 is 1.50 bits per heavy atom. The van der Waals surface area contributed by atoms with Crippen LogP contribution in [0.25, 0.3) is 0 Å². The van der Waals surface area contributed by atoms with Gasteiger partial charge in [-0.1, -0.05) is 0 Å². The highest BCUT2D eigenvalue weighted by Gasteiger charge is 2.42. The predicted octanol–water partition coefficient (Wildman–Crippen LogP) is 1.77. The van der Waals surface area contributed by atoms with Gasteiger partial charge in [-0.05, 0) is 31.4 Å². The Morgan fingerprint density at radius 2 is 2.29 bits per heavy atom. The van der Waals surface area contributed by atoms with Gasteiger partial charge in [0.1, 0.15) is 0 Å². The summed E-state index contributed by atoms with van der Waals surface area (Å²) in [6, 6.07) is 3.63. The Kier molecular flexibility index (Phi) is 5.20. The number of piperidine rings is 1. The minimum atomic E-state index is -0.558. The van der Waals surface area contributed by atoms with Crippen LogP contribution in [0.5, 0.6) is 5.88 Å². The van der Waals surface area contributed by atoms with E-state index in [0.29, 0.717) is 32.2 Å². The van der Waals surface area contributed by atoms with Crippen LogP contribution in [0.1, 0.15) is 25.3 Å². The lowest BCUT2D eigenvalue weighted by Gasteiger charge is -2.39. The van der Waals surface area contributed by atoms with Gasteiger partial charge in [0.05, 0.1) is 20.3 Å². The molecular weight excluding hydrogens is 310 g/mol. The van der Waals surface area contributed by atoms with E-state index in [9.17, 15) is 4.79 Å². The first-order chi connectivity index (χ1) is 11.6. The zero-order chi connectivity index (χ0) is 17.0. The van der Waals surface area contributed by atoms with Crippen molar-refractivity contribution in [2.45, 2.75) is 32.1 Å². The van der Waals surface area contributed by atoms with Crippen LogP contribution in [0.3, 0.4) is 0 Å². The lowest BCUT2D eigenvalue weighted by atomic mass is 9.90. The van der Waals surface area contributed by atoms with Crippen LogP contribution in [0.15, 0.2) is 18.3 Å². The molecule has 2 aliphatic heterocycles. The standard InChI is InChI=1S/C17H25N3O4/c1-17(23-8-9-24-17)14-4-3-7-20(12-14)16(21)19-11-13-5-6-18-15(10-13)22-2/h5-6,10,14H,3-4,7-9,11-12H2,1-2H3,(H,19,21)/t14-/m0/s1. The van der Waals surface area contributed by atoms with Crippen molar-refractivity contribution in [2.24, 2.45) is 5.92 Å². The zero-order valence-electron chi connectivity index (χ0n) is 14.3. The number of hydrogen-bond acceptors (Lipinski definition) is 5. The Hall–Kier alpha value is -1.86. The number of methoxy groups -OCH3 is 1. The first-order valence-corrected chi connectivity index (χ1v) is 8.40. The number of nitrogens with zero attached hydrogens (tertiary/aromatic N) is 2. The molecule has 2 amide bonds. The van der Waals surface area contributed by atoms with Crippen LogP contribution in [0.2, 0.25) is 0 Å². The second-order valence-corrected chi connectivity index (χ2v) is 6.36. The molecule has 0 saturated carbocycles. The molecule has 0 aromatic carbocycles. The lowest BCUT2D eigenvalue weighted by Crippen LogP contribution is -2.51. The monoisotopic (exact) mass is 335 g/mol. The fraction of sp³-hybridized carbons (Fsp3) is 0.647. The Balaban J connectivity index is 1.54. The van der Waals surface area contributed by atoms with Crippen molar-refractivity contribution in [1.82, 2.24) is 15.2 Å². The number of hydrogen-bond donors (Lipinski definition) is 1. The van der Waals surface area contributed by atoms with E-state index in [1.165, 1.54) is 0 Å². The van der Waals surface area contributed by atoms with Crippen LogP contribution in [0, 0.1) is 5.92 Å². The fourth-order valence-electron chi connectivity index (χ4n) is 3.32. The highest BCUT2D eigenvalue weighted by Crippen LogP contribution is 2.34. The van der Waals surface area contributed by atoms with Crippen molar-refractivity contribution in [3.63, 3.8) is 0 Å². The van der Waals surface area contributed by atoms with Crippen molar-refractivity contribution in [3.8, 4) is 5.88 Å². The molecule has 0 bridgehead atoms. The third-order valence-electron chi connectivity index (χ3n) is 4.76. The molecular formula is C17H25N3O4. The SMILES string of the molecule is COc1cc(CNC(=O)N2CCC[C@H](C3(C)OCCO3)C2)ccn1. The molecule has 0 radical (unpaired) electrons. The minimum absolute atomic E-state index is 0.0583. The van der Waals surface area contributed by atoms with Gasteiger partial charge in [0.25, 0.3) is 0 Å². The van der Waals surface area contributed by atoms with Crippen molar-refractivity contribution < 1.29 is 19.0 Å². The average molecular weight is 335 g/mol. The molecule has 132 valence electrons. The van der Waals surface area contributed by atoms with Gasteiger partial charge in [0.15, 0.2) is 5.79 Å². The van der Waals surface area contributed by atoms with Gasteiger partial charge in [-0.3, -0.25) is 0 Å². The summed E-state index contributed by atoms with van der Waals surface area (Å²) < 4.78 is 16.6. The summed E-state index contributed by atoms with van der Waals surface area (Å²) in [4.78, 5) is 18.4. The fourth-order valence-corrected chi connectivity index (χ4v) is 3.32. The number of likely N-dealkylation sites (tertiary alicyclic amines) is 1. The predicted molar refractivity (Wildman–Crippen MR) is 87.6 cm³/mol. The van der Waals surface area contributed by atoms with Gasteiger partial charge in [-0.15, -0.1) is 0 Å². The number of aromatic nitrogens is 1. The van der Waals surface area contributed by atoms with Crippen LogP contribution in [-0.2, 0) is 16.0 Å². The van der Waals surface area contributed by atoms with E-state index in [4.69, 9.17) is 14.2 Å². The molecule has 7 heteroatoms. The molecule has 24 heavy (non-hydrogen) atoms. The lowest BCUT2D eigenvalue weighted by molar-refractivity contribution is -0.189. The molecule has 1 aromatic heterocycles. The largest absolute Gasteiger partial charge is 0.481 e. The summed E-state index contributed by atoms with van der Waals surface area (Å²) in [6.45, 7) is 5.10. The van der Waals surface area contributed by atoms with Crippen molar-refractivity contribution >= 4 is 6.03 Å². The van der Waals surface area contributed by atoms with Crippen LogP contribution < -0.4 is 10.1 Å². The molecule has 1 N–H and O–H groups in total. The molecule has 2 aliphatic rings. The van der Waals surface area contributed by atoms with Gasteiger partial charge in [-0.2, -0.15) is 0 Å². The van der Waals surface area contributed by atoms with E-state index in [0.717, 1.165) is 24.9 Å². The average Bonchev–Trinajstić information content (AvgIpc) is 3.08. The number of carbonyl (C=O) groups is 1. The van der Waals surface area contributed by atoms with E-state index < -0.39 is 5.79 Å². The normalized spacial score (nSPS) is 23.1. The molecule has 1 aromatic rings. The van der Waals surface area contributed by atoms with E-state index in [1.807, 2.05) is 24.0 Å². The molecule has 2 saturated heterocycles. The van der Waals surface area contributed by atoms with E-state index in [2.05, 4.69) is 10.3 Å². The molecule has 0 unspecified atom stereocenters. The molecule has 0 aliphatic carbocycles. The number of rotatable bonds is 4. The molecule has 3 heterocycles. The van der Waals surface area contributed by atoms with Gasteiger partial charge in [0, 0.05) is 37.8 Å². The van der Waals surface area contributed by atoms with Crippen molar-refractivity contribution in [1.29, 1.82) is 0 Å². The number of amides is 2. The van der Waals surface area contributed by atoms with Crippen molar-refractivity contribution in [2.75, 3.05) is 33.4 Å². The van der Waals surface area contributed by atoms with E-state index in [1.54, 1.807) is 13.3 Å². The summed E-state index contributed by atoms with van der Waals surface area (Å²) in [7, 11) is 1.58. The summed E-state index contributed by atoms with van der Waals surface area (Å²) >= 11 is 0. The molecule has 7 nitrogen and oxygen atoms in total. The van der Waals surface area contributed by atoms with Gasteiger partial charge >= 0.3 is 6.03 Å². The second kappa shape index (κ2) is 7.36. The Bertz CT molecular complexity index is 575. The zero-order valence-corrected chi connectivity index (χ0v) is 14.3. The van der Waals surface area contributed by atoms with E-state index in [-0.39, 0.29) is 11.9 Å². The maximum absolute atomic E-state index is 12.5. The maximum atomic E-state index is 12.5. The third kappa shape index (κ3) is 3.79. The number of ether oxygens (including phenoxy) is 3. The van der Waals surface area contributed by atoms with Gasteiger partial charge < -0.3 is 24.4 Å². The summed E-state index contributed by atoms with van der Waals surface area (Å²) in [5.74, 6) is 0.195. The Labute approximate surface area is 142 Å². The first kappa shape index (κ1) is 17.0. The quantitative estimate of drug-likeness (QED) is 0.908. The van der Waals surface area contributed by atoms with Crippen LogP contribution >= 0.6 is 0 Å². The third-order valence-corrected chi connectivity index (χ3v) is 4.76. The Morgan fingerprint density at radius 3 is 3.04 bits per heavy atom. The number of carbonyl (C=O) groups excluding carboxylic acids is 1. The molecule has 2 fully saturated rings. The summed E-state index contributed by atoms with van der Waals surface area (Å²) in [5.41, 5.74) is 0.957. The maximum Gasteiger partial charge on any atom is 0.317 e. The number of pyridine rings is 1. The highest BCUT2D eigenvalue weighted by atomic mass is 16.7. The van der Waals surface area contributed by atoms with Crippen LogP contribution in [0.4, 0.5) is 4.79 Å². The summed E-state index contributed by atoms with van der Waals surface area (Å²) in [5, 5.41) is 2.97. The molecule has 1 atom stereocenters. The van der Waals surface area contributed by atoms with Gasteiger partial charge in [0.2, 0.25) is 5.88 Å². The van der Waals surface area contributed by atoms with Crippen molar-refractivity contribution in [3.05, 3.63) is 23.9 Å². The van der Waals surface area contributed by atoms with Gasteiger partial charge in [-0.25, -0.2) is 9.78 Å². The molecule has 0 spiro atoms. The molecule has 3 rings (SSSR count). The van der Waals surface area contributed by atoms with E-state index >= 15 is 0 Å². The number of urea groups is 1. The second-order valence-electron chi connectivity index (χ2n) is 6.36. The summed E-state index contributed by atoms with van der Waals surface area (Å²) in [6.07, 6.45) is 3.65. The highest BCUT2D eigenvalue weighted by molar-refractivity contribution is 5.74. The first-order valence-electron chi connectivity index (χ1n) is 8.40. The minimum Gasteiger partial charge on any atom is -0.481 e. The topological polar surface area (TPSA) is 72.9 Å². The van der Waals surface area contributed by atoms with Crippen LogP contribution in [-0.4, -0.2) is 55.1 Å².